The van der Waals surface area contributed by atoms with Crippen molar-refractivity contribution in [3.63, 3.8) is 0 Å². The number of rotatable bonds is 5. The normalized spacial score (nSPS) is 20.2. The summed E-state index contributed by atoms with van der Waals surface area (Å²) in [6, 6.07) is 7.84. The Balaban J connectivity index is 1.96. The number of carbonyl (C=O) groups excluding carboxylic acids is 2. The van der Waals surface area contributed by atoms with Crippen LogP contribution in [0, 0.1) is 5.92 Å². The number of aliphatic imine (C=N–C) groups is 1. The van der Waals surface area contributed by atoms with Gasteiger partial charge in [0.1, 0.15) is 6.21 Å². The van der Waals surface area contributed by atoms with Crippen LogP contribution in [0.4, 0.5) is 4.79 Å². The molecule has 26 heavy (non-hydrogen) atoms. The largest absolute Gasteiger partial charge is 0.445 e. The molecule has 1 aromatic rings. The molecule has 1 aromatic carbocycles. The minimum Gasteiger partial charge on any atom is -0.255 e. The van der Waals surface area contributed by atoms with Gasteiger partial charge in [0.05, 0.1) is 14.1 Å². The number of imide groups is 1. The van der Waals surface area contributed by atoms with Gasteiger partial charge in [0, 0.05) is 15.1 Å². The molecule has 0 saturated heterocycles. The van der Waals surface area contributed by atoms with E-state index in [0.717, 1.165) is 33.5 Å². The average molecular weight is 435 g/mol. The predicted octanol–water partition coefficient (Wildman–Crippen LogP) is 4.07. The third-order valence-corrected chi connectivity index (χ3v) is 6.33. The molecule has 1 unspecified atom stereocenters. The van der Waals surface area contributed by atoms with Gasteiger partial charge < -0.3 is 0 Å². The number of halogens is 1. The second-order valence-electron chi connectivity index (χ2n) is 6.34. The van der Waals surface area contributed by atoms with E-state index in [4.69, 9.17) is 0 Å². The molecule has 0 saturated carbocycles. The van der Waals surface area contributed by atoms with Crippen molar-refractivity contribution in [2.75, 3.05) is 14.1 Å². The lowest BCUT2D eigenvalue weighted by Crippen LogP contribution is -2.52. The molecule has 0 bridgehead atoms. The quantitative estimate of drug-likeness (QED) is 0.656. The summed E-state index contributed by atoms with van der Waals surface area (Å²) < 4.78 is 2.52. The molecule has 0 radical (unpaired) electrons. The van der Waals surface area contributed by atoms with Crippen LogP contribution >= 0.6 is 27.7 Å². The first-order chi connectivity index (χ1) is 12.4. The maximum atomic E-state index is 12.9. The van der Waals surface area contributed by atoms with E-state index in [1.54, 1.807) is 18.8 Å². The Kier molecular flexibility index (Phi) is 5.77. The fourth-order valence-corrected chi connectivity index (χ4v) is 4.57. The fourth-order valence-electron chi connectivity index (χ4n) is 3.07. The summed E-state index contributed by atoms with van der Waals surface area (Å²) in [5.41, 5.74) is 2.28. The van der Waals surface area contributed by atoms with E-state index in [1.165, 1.54) is 22.1 Å². The fraction of sp³-hybridized carbons (Fsp3) is 0.368. The number of nitrogens with zero attached hydrogens (tertiary/aromatic N) is 3. The van der Waals surface area contributed by atoms with Gasteiger partial charge in [-0.2, -0.15) is 9.48 Å². The number of hydrogen-bond donors (Lipinski definition) is 0. The molecule has 1 atom stereocenters. The summed E-state index contributed by atoms with van der Waals surface area (Å²) in [5, 5.41) is 0. The van der Waals surface area contributed by atoms with E-state index in [-0.39, 0.29) is 11.9 Å². The summed E-state index contributed by atoms with van der Waals surface area (Å²) in [6.07, 6.45) is 3.66. The second-order valence-corrected chi connectivity index (χ2v) is 8.28. The molecule has 0 N–H and O–H groups in total. The van der Waals surface area contributed by atoms with Gasteiger partial charge in [-0.1, -0.05) is 41.4 Å². The van der Waals surface area contributed by atoms with Gasteiger partial charge in [-0.15, -0.1) is 16.8 Å². The predicted molar refractivity (Wildman–Crippen MR) is 109 cm³/mol. The van der Waals surface area contributed by atoms with Crippen molar-refractivity contribution in [1.29, 1.82) is 0 Å². The second kappa shape index (κ2) is 7.88. The van der Waals surface area contributed by atoms with Crippen LogP contribution in [-0.2, 0) is 10.5 Å². The molecule has 7 heteroatoms. The highest BCUT2D eigenvalue weighted by Gasteiger charge is 2.48. The zero-order valence-corrected chi connectivity index (χ0v) is 17.4. The minimum atomic E-state index is -0.491. The van der Waals surface area contributed by atoms with Crippen LogP contribution < -0.4 is 0 Å². The Labute approximate surface area is 166 Å². The number of thioether (sulfide) groups is 1. The van der Waals surface area contributed by atoms with E-state index < -0.39 is 5.92 Å². The molecule has 2 heterocycles. The Hall–Kier alpha value is -1.73. The number of allylic oxidation sites excluding steroid dienone is 1. The highest BCUT2D eigenvalue weighted by Crippen LogP contribution is 2.37. The van der Waals surface area contributed by atoms with Crippen LogP contribution in [-0.4, -0.2) is 47.6 Å². The first kappa shape index (κ1) is 19.0. The maximum absolute atomic E-state index is 12.9. The molecular formula is C19H21BrN3O2S+. The lowest BCUT2D eigenvalue weighted by atomic mass is 9.96. The topological polar surface area (TPSA) is 52.8 Å². The van der Waals surface area contributed by atoms with Gasteiger partial charge in [-0.25, -0.2) is 4.79 Å². The Bertz CT molecular complexity index is 843. The van der Waals surface area contributed by atoms with Gasteiger partial charge in [-0.3, -0.25) is 4.79 Å². The van der Waals surface area contributed by atoms with Crippen LogP contribution in [0.2, 0.25) is 0 Å². The molecule has 0 fully saturated rings. The first-order valence-electron chi connectivity index (χ1n) is 8.50. The van der Waals surface area contributed by atoms with Gasteiger partial charge in [0.2, 0.25) is 0 Å². The van der Waals surface area contributed by atoms with Gasteiger partial charge >= 0.3 is 11.9 Å². The smallest absolute Gasteiger partial charge is 0.255 e. The van der Waals surface area contributed by atoms with Gasteiger partial charge in [0.15, 0.2) is 5.92 Å². The SMILES string of the molecule is CCCC1=C(SCc2ccc(Br)cc2)C2C(=O)N(C)C(=O)[N+](C)=C2N=C1. The molecule has 136 valence electrons. The van der Waals surface area contributed by atoms with Crippen LogP contribution in [0.15, 0.2) is 44.2 Å². The van der Waals surface area contributed by atoms with Gasteiger partial charge in [-0.05, 0) is 29.7 Å². The van der Waals surface area contributed by atoms with Crippen molar-refractivity contribution in [3.8, 4) is 0 Å². The van der Waals surface area contributed by atoms with Crippen molar-refractivity contribution < 1.29 is 14.2 Å². The summed E-state index contributed by atoms with van der Waals surface area (Å²) >= 11 is 5.12. The van der Waals surface area contributed by atoms with Crippen molar-refractivity contribution in [1.82, 2.24) is 4.90 Å². The zero-order chi connectivity index (χ0) is 18.8. The van der Waals surface area contributed by atoms with Crippen LogP contribution in [0.3, 0.4) is 0 Å². The Morgan fingerprint density at radius 3 is 2.62 bits per heavy atom. The van der Waals surface area contributed by atoms with Crippen LogP contribution in [0.1, 0.15) is 25.3 Å². The van der Waals surface area contributed by atoms with Crippen LogP contribution in [0.5, 0.6) is 0 Å². The molecule has 3 amide bonds. The number of amidine groups is 1. The Morgan fingerprint density at radius 1 is 1.27 bits per heavy atom. The average Bonchev–Trinajstić information content (AvgIpc) is 2.64. The Morgan fingerprint density at radius 2 is 1.96 bits per heavy atom. The lowest BCUT2D eigenvalue weighted by Gasteiger charge is -2.28. The summed E-state index contributed by atoms with van der Waals surface area (Å²) in [4.78, 5) is 31.7. The molecular weight excluding hydrogens is 414 g/mol. The third kappa shape index (κ3) is 3.55. The molecule has 5 nitrogen and oxygen atoms in total. The molecule has 2 aliphatic heterocycles. The summed E-state index contributed by atoms with van der Waals surface area (Å²) in [6.45, 7) is 2.11. The highest BCUT2D eigenvalue weighted by molar-refractivity contribution is 9.10. The van der Waals surface area contributed by atoms with E-state index in [1.807, 2.05) is 18.3 Å². The third-order valence-electron chi connectivity index (χ3n) is 4.51. The standard InChI is InChI=1S/C19H21BrN3O2S/c1-4-5-13-10-21-17-15(18(24)23(3)19(25)22(17)2)16(13)26-11-12-6-8-14(20)9-7-12/h6-10,15H,4-5,11H2,1-3H3/q+1. The number of amides is 3. The number of benzene rings is 1. The number of dihydropyridines is 1. The molecule has 0 aliphatic carbocycles. The van der Waals surface area contributed by atoms with Gasteiger partial charge in [0.25, 0.3) is 5.84 Å². The van der Waals surface area contributed by atoms with Crippen molar-refractivity contribution in [3.05, 3.63) is 44.8 Å². The zero-order valence-electron chi connectivity index (χ0n) is 15.0. The van der Waals surface area contributed by atoms with E-state index in [9.17, 15) is 9.59 Å². The summed E-state index contributed by atoms with van der Waals surface area (Å²) in [7, 11) is 3.21. The van der Waals surface area contributed by atoms with Crippen LogP contribution in [0.25, 0.3) is 0 Å². The van der Waals surface area contributed by atoms with E-state index >= 15 is 0 Å². The molecule has 3 rings (SSSR count). The first-order valence-corrected chi connectivity index (χ1v) is 10.3. The van der Waals surface area contributed by atoms with E-state index in [2.05, 4.69) is 40.0 Å². The molecule has 0 spiro atoms. The molecule has 2 aliphatic rings. The number of fused-ring (bicyclic) bond motifs is 1. The highest BCUT2D eigenvalue weighted by atomic mass is 79.9. The number of urea groups is 1. The maximum Gasteiger partial charge on any atom is 0.445 e. The van der Waals surface area contributed by atoms with Crippen molar-refractivity contribution in [2.45, 2.75) is 25.5 Å². The molecule has 0 aromatic heterocycles. The monoisotopic (exact) mass is 434 g/mol. The van der Waals surface area contributed by atoms with E-state index in [0.29, 0.717) is 5.84 Å². The lowest BCUT2D eigenvalue weighted by molar-refractivity contribution is -0.407. The minimum absolute atomic E-state index is 0.202. The number of carbonyl (C=O) groups is 2. The summed E-state index contributed by atoms with van der Waals surface area (Å²) in [5.74, 6) is 0.597. The van der Waals surface area contributed by atoms with Crippen molar-refractivity contribution >= 4 is 51.7 Å². The van der Waals surface area contributed by atoms with Crippen molar-refractivity contribution in [2.24, 2.45) is 10.9 Å². The number of hydrogen-bond acceptors (Lipinski definition) is 4.